The Morgan fingerprint density at radius 2 is 2.10 bits per heavy atom. The zero-order chi connectivity index (χ0) is 14.8. The first-order valence-corrected chi connectivity index (χ1v) is 8.38. The average molecular weight is 299 g/mol. The van der Waals surface area contributed by atoms with E-state index in [0.717, 1.165) is 25.1 Å². The number of nitrogens with two attached hydrogens (primary N) is 1. The Balaban J connectivity index is 1.89. The van der Waals surface area contributed by atoms with Crippen molar-refractivity contribution in [3.05, 3.63) is 52.7 Å². The normalized spacial score (nSPS) is 12.9. The van der Waals surface area contributed by atoms with Crippen molar-refractivity contribution >= 4 is 21.4 Å². The molecule has 3 aromatic rings. The first-order chi connectivity index (χ1) is 10.2. The molecular formula is C17H21N3S. The van der Waals surface area contributed by atoms with Crippen LogP contribution in [0, 0.1) is 0 Å². The van der Waals surface area contributed by atoms with E-state index < -0.39 is 0 Å². The van der Waals surface area contributed by atoms with Gasteiger partial charge in [-0.25, -0.2) is 0 Å². The highest BCUT2D eigenvalue weighted by Gasteiger charge is 2.15. The zero-order valence-corrected chi connectivity index (χ0v) is 13.4. The zero-order valence-electron chi connectivity index (χ0n) is 12.5. The smallest absolute Gasteiger partial charge is 0.0624 e. The third-order valence-electron chi connectivity index (χ3n) is 3.92. The Morgan fingerprint density at radius 3 is 2.86 bits per heavy atom. The lowest BCUT2D eigenvalue weighted by Gasteiger charge is -2.12. The van der Waals surface area contributed by atoms with Gasteiger partial charge < -0.3 is 5.73 Å². The van der Waals surface area contributed by atoms with Crippen molar-refractivity contribution in [1.82, 2.24) is 9.78 Å². The third-order valence-corrected chi connectivity index (χ3v) is 4.90. The molecular weight excluding hydrogens is 278 g/mol. The summed E-state index contributed by atoms with van der Waals surface area (Å²) in [7, 11) is 0. The predicted octanol–water partition coefficient (Wildman–Crippen LogP) is 3.92. The van der Waals surface area contributed by atoms with Gasteiger partial charge in [-0.15, -0.1) is 11.3 Å². The second-order valence-corrected chi connectivity index (χ2v) is 6.21. The molecule has 21 heavy (non-hydrogen) atoms. The van der Waals surface area contributed by atoms with E-state index >= 15 is 0 Å². The van der Waals surface area contributed by atoms with E-state index in [1.807, 2.05) is 0 Å². The molecule has 1 unspecified atom stereocenters. The summed E-state index contributed by atoms with van der Waals surface area (Å²) in [5.74, 6) is 0. The molecule has 0 aliphatic rings. The molecule has 0 fully saturated rings. The van der Waals surface area contributed by atoms with Crippen molar-refractivity contribution in [3.63, 3.8) is 0 Å². The van der Waals surface area contributed by atoms with Gasteiger partial charge in [0.2, 0.25) is 0 Å². The van der Waals surface area contributed by atoms with Crippen LogP contribution in [0.2, 0.25) is 0 Å². The van der Waals surface area contributed by atoms with Crippen molar-refractivity contribution in [2.75, 3.05) is 0 Å². The number of aromatic nitrogens is 2. The van der Waals surface area contributed by atoms with Gasteiger partial charge in [0.25, 0.3) is 0 Å². The first-order valence-electron chi connectivity index (χ1n) is 7.50. The Morgan fingerprint density at radius 1 is 1.29 bits per heavy atom. The van der Waals surface area contributed by atoms with Crippen LogP contribution in [-0.4, -0.2) is 9.78 Å². The van der Waals surface area contributed by atoms with Crippen LogP contribution in [0.15, 0.2) is 35.7 Å². The summed E-state index contributed by atoms with van der Waals surface area (Å²) in [4.78, 5) is 0. The molecule has 0 radical (unpaired) electrons. The standard InChI is InChI=1S/C17H21N3S/c1-3-12-9-13(20(4-2)19-12)10-16(18)15-11-21-17-8-6-5-7-14(15)17/h5-9,11,16H,3-4,10,18H2,1-2H3. The summed E-state index contributed by atoms with van der Waals surface area (Å²) >= 11 is 1.77. The van der Waals surface area contributed by atoms with E-state index in [9.17, 15) is 0 Å². The number of thiophene rings is 1. The minimum Gasteiger partial charge on any atom is -0.324 e. The van der Waals surface area contributed by atoms with Crippen LogP contribution in [0.3, 0.4) is 0 Å². The van der Waals surface area contributed by atoms with E-state index in [4.69, 9.17) is 5.73 Å². The second-order valence-electron chi connectivity index (χ2n) is 5.29. The second kappa shape index (κ2) is 6.00. The molecule has 3 rings (SSSR count). The van der Waals surface area contributed by atoms with Gasteiger partial charge in [-0.1, -0.05) is 25.1 Å². The van der Waals surface area contributed by atoms with Crippen molar-refractivity contribution in [3.8, 4) is 0 Å². The van der Waals surface area contributed by atoms with Crippen molar-refractivity contribution < 1.29 is 0 Å². The van der Waals surface area contributed by atoms with Gasteiger partial charge in [0.05, 0.1) is 5.69 Å². The summed E-state index contributed by atoms with van der Waals surface area (Å²) in [6.07, 6.45) is 1.80. The molecule has 2 N–H and O–H groups in total. The molecule has 0 saturated carbocycles. The minimum atomic E-state index is 0.0212. The van der Waals surface area contributed by atoms with Crippen LogP contribution < -0.4 is 5.73 Å². The number of nitrogens with zero attached hydrogens (tertiary/aromatic N) is 2. The summed E-state index contributed by atoms with van der Waals surface area (Å²) in [6, 6.07) is 10.7. The number of hydrogen-bond acceptors (Lipinski definition) is 3. The molecule has 4 heteroatoms. The topological polar surface area (TPSA) is 43.8 Å². The summed E-state index contributed by atoms with van der Waals surface area (Å²) in [5.41, 5.74) is 10.1. The molecule has 1 aromatic carbocycles. The van der Waals surface area contributed by atoms with Crippen molar-refractivity contribution in [1.29, 1.82) is 0 Å². The molecule has 0 spiro atoms. The van der Waals surface area contributed by atoms with Crippen LogP contribution in [0.25, 0.3) is 10.1 Å². The minimum absolute atomic E-state index is 0.0212. The molecule has 110 valence electrons. The van der Waals surface area contributed by atoms with E-state index in [0.29, 0.717) is 0 Å². The van der Waals surface area contributed by atoms with Gasteiger partial charge in [-0.3, -0.25) is 4.68 Å². The fourth-order valence-corrected chi connectivity index (χ4v) is 3.77. The van der Waals surface area contributed by atoms with E-state index in [1.165, 1.54) is 21.3 Å². The molecule has 2 heterocycles. The number of aryl methyl sites for hydroxylation is 2. The fourth-order valence-electron chi connectivity index (χ4n) is 2.75. The lowest BCUT2D eigenvalue weighted by Crippen LogP contribution is -2.15. The lowest BCUT2D eigenvalue weighted by molar-refractivity contribution is 0.587. The van der Waals surface area contributed by atoms with E-state index in [2.05, 4.69) is 59.3 Å². The van der Waals surface area contributed by atoms with Crippen LogP contribution in [0.5, 0.6) is 0 Å². The highest BCUT2D eigenvalue weighted by Crippen LogP contribution is 2.30. The summed E-state index contributed by atoms with van der Waals surface area (Å²) in [5, 5.41) is 8.09. The molecule has 0 aliphatic heterocycles. The Bertz CT molecular complexity index is 741. The largest absolute Gasteiger partial charge is 0.324 e. The van der Waals surface area contributed by atoms with Crippen molar-refractivity contribution in [2.45, 2.75) is 39.3 Å². The fraction of sp³-hybridized carbons (Fsp3) is 0.353. The Hall–Kier alpha value is -1.65. The monoisotopic (exact) mass is 299 g/mol. The van der Waals surface area contributed by atoms with Gasteiger partial charge in [-0.2, -0.15) is 5.10 Å². The van der Waals surface area contributed by atoms with Gasteiger partial charge in [0, 0.05) is 29.4 Å². The molecule has 0 saturated heterocycles. The van der Waals surface area contributed by atoms with Crippen LogP contribution in [0.4, 0.5) is 0 Å². The predicted molar refractivity (Wildman–Crippen MR) is 89.7 cm³/mol. The molecule has 0 amide bonds. The van der Waals surface area contributed by atoms with Crippen LogP contribution >= 0.6 is 11.3 Å². The van der Waals surface area contributed by atoms with Crippen LogP contribution in [0.1, 0.15) is 36.8 Å². The molecule has 0 bridgehead atoms. The summed E-state index contributed by atoms with van der Waals surface area (Å²) < 4.78 is 3.38. The summed E-state index contributed by atoms with van der Waals surface area (Å²) in [6.45, 7) is 5.16. The third kappa shape index (κ3) is 2.74. The van der Waals surface area contributed by atoms with Gasteiger partial charge >= 0.3 is 0 Å². The van der Waals surface area contributed by atoms with E-state index in [1.54, 1.807) is 11.3 Å². The lowest BCUT2D eigenvalue weighted by atomic mass is 10.0. The molecule has 2 aromatic heterocycles. The highest BCUT2D eigenvalue weighted by molar-refractivity contribution is 7.17. The first kappa shape index (κ1) is 14.3. The van der Waals surface area contributed by atoms with Crippen molar-refractivity contribution in [2.24, 2.45) is 5.73 Å². The van der Waals surface area contributed by atoms with Gasteiger partial charge in [-0.05, 0) is 41.8 Å². The number of hydrogen-bond donors (Lipinski definition) is 1. The molecule has 0 aliphatic carbocycles. The number of fused-ring (bicyclic) bond motifs is 1. The maximum Gasteiger partial charge on any atom is 0.0624 e. The van der Waals surface area contributed by atoms with Crippen LogP contribution in [-0.2, 0) is 19.4 Å². The maximum atomic E-state index is 6.48. The highest BCUT2D eigenvalue weighted by atomic mass is 32.1. The number of benzene rings is 1. The molecule has 1 atom stereocenters. The SMILES string of the molecule is CCc1cc(CC(N)c2csc3ccccc23)n(CC)n1. The number of rotatable bonds is 5. The maximum absolute atomic E-state index is 6.48. The van der Waals surface area contributed by atoms with E-state index in [-0.39, 0.29) is 6.04 Å². The average Bonchev–Trinajstić information content (AvgIpc) is 3.10. The Kier molecular flexibility index (Phi) is 4.08. The Labute approximate surface area is 129 Å². The van der Waals surface area contributed by atoms with Gasteiger partial charge in [0.1, 0.15) is 0 Å². The quantitative estimate of drug-likeness (QED) is 0.776. The molecule has 3 nitrogen and oxygen atoms in total. The van der Waals surface area contributed by atoms with Gasteiger partial charge in [0.15, 0.2) is 0 Å².